The Labute approximate surface area is 82.6 Å². The van der Waals surface area contributed by atoms with E-state index in [0.717, 1.165) is 0 Å². The number of aryl methyl sites for hydroxylation is 1. The van der Waals surface area contributed by atoms with Crippen LogP contribution in [0.25, 0.3) is 0 Å². The van der Waals surface area contributed by atoms with E-state index in [4.69, 9.17) is 9.47 Å². The first-order valence-corrected chi connectivity index (χ1v) is 4.32. The van der Waals surface area contributed by atoms with Gasteiger partial charge >= 0.3 is 0 Å². The highest BCUT2D eigenvalue weighted by atomic mass is 16.5. The molecule has 0 bridgehead atoms. The van der Waals surface area contributed by atoms with Gasteiger partial charge in [0.25, 0.3) is 0 Å². The number of rotatable bonds is 5. The molecule has 0 radical (unpaired) electrons. The highest BCUT2D eigenvalue weighted by Crippen LogP contribution is 2.10. The molecule has 14 heavy (non-hydrogen) atoms. The topological polar surface area (TPSA) is 53.4 Å². The lowest BCUT2D eigenvalue weighted by atomic mass is 10.3. The van der Waals surface area contributed by atoms with Crippen LogP contribution in [0.1, 0.15) is 17.4 Å². The standard InChI is InChI=1S/C9H14N2O3/c1-7(12)8-6-9(10-11(8)2)14-5-4-13-3/h6H,4-5H2,1-3H3. The SMILES string of the molecule is COCCOc1cc(C(C)=O)n(C)n1. The lowest BCUT2D eigenvalue weighted by Gasteiger charge is -1.99. The van der Waals surface area contributed by atoms with Crippen LogP contribution < -0.4 is 4.74 Å². The van der Waals surface area contributed by atoms with Crippen LogP contribution >= 0.6 is 0 Å². The normalized spacial score (nSPS) is 10.2. The number of carbonyl (C=O) groups excluding carboxylic acids is 1. The Hall–Kier alpha value is -1.36. The van der Waals surface area contributed by atoms with Gasteiger partial charge in [0, 0.05) is 27.1 Å². The Kier molecular flexibility index (Phi) is 3.64. The van der Waals surface area contributed by atoms with Gasteiger partial charge in [-0.25, -0.2) is 0 Å². The molecule has 0 saturated carbocycles. The average Bonchev–Trinajstić information content (AvgIpc) is 2.47. The Morgan fingerprint density at radius 1 is 1.57 bits per heavy atom. The number of methoxy groups -OCH3 is 1. The zero-order chi connectivity index (χ0) is 10.6. The van der Waals surface area contributed by atoms with Crippen molar-refractivity contribution in [1.82, 2.24) is 9.78 Å². The number of nitrogens with zero attached hydrogens (tertiary/aromatic N) is 2. The van der Waals surface area contributed by atoms with Crippen molar-refractivity contribution in [3.05, 3.63) is 11.8 Å². The van der Waals surface area contributed by atoms with Crippen LogP contribution in [-0.2, 0) is 11.8 Å². The molecule has 1 aromatic rings. The molecule has 1 aromatic heterocycles. The van der Waals surface area contributed by atoms with Crippen LogP contribution in [0.2, 0.25) is 0 Å². The van der Waals surface area contributed by atoms with Crippen molar-refractivity contribution in [2.75, 3.05) is 20.3 Å². The minimum absolute atomic E-state index is 0.0263. The van der Waals surface area contributed by atoms with E-state index >= 15 is 0 Å². The van der Waals surface area contributed by atoms with E-state index in [-0.39, 0.29) is 5.78 Å². The Morgan fingerprint density at radius 3 is 2.79 bits per heavy atom. The number of ether oxygens (including phenoxy) is 2. The zero-order valence-electron chi connectivity index (χ0n) is 8.61. The first kappa shape index (κ1) is 10.7. The van der Waals surface area contributed by atoms with Gasteiger partial charge < -0.3 is 9.47 Å². The number of aromatic nitrogens is 2. The molecule has 0 amide bonds. The van der Waals surface area contributed by atoms with Crippen LogP contribution in [0.4, 0.5) is 0 Å². The highest BCUT2D eigenvalue weighted by Gasteiger charge is 2.09. The summed E-state index contributed by atoms with van der Waals surface area (Å²) in [7, 11) is 3.31. The first-order valence-electron chi connectivity index (χ1n) is 4.32. The van der Waals surface area contributed by atoms with Crippen LogP contribution in [0, 0.1) is 0 Å². The fraction of sp³-hybridized carbons (Fsp3) is 0.556. The van der Waals surface area contributed by atoms with Gasteiger partial charge in [-0.05, 0) is 0 Å². The molecule has 5 heteroatoms. The Bertz CT molecular complexity index is 320. The first-order chi connectivity index (χ1) is 6.65. The molecule has 0 fully saturated rings. The van der Waals surface area contributed by atoms with E-state index in [1.807, 2.05) is 0 Å². The van der Waals surface area contributed by atoms with Crippen molar-refractivity contribution >= 4 is 5.78 Å². The van der Waals surface area contributed by atoms with Crippen molar-refractivity contribution in [2.45, 2.75) is 6.92 Å². The second kappa shape index (κ2) is 4.76. The summed E-state index contributed by atoms with van der Waals surface area (Å²) in [6.07, 6.45) is 0. The van der Waals surface area contributed by atoms with E-state index in [1.54, 1.807) is 20.2 Å². The summed E-state index contributed by atoms with van der Waals surface area (Å²) >= 11 is 0. The average molecular weight is 198 g/mol. The Morgan fingerprint density at radius 2 is 2.29 bits per heavy atom. The van der Waals surface area contributed by atoms with Gasteiger partial charge in [-0.3, -0.25) is 9.48 Å². The lowest BCUT2D eigenvalue weighted by Crippen LogP contribution is -2.05. The maximum Gasteiger partial charge on any atom is 0.233 e. The highest BCUT2D eigenvalue weighted by molar-refractivity contribution is 5.92. The molecule has 0 unspecified atom stereocenters. The molecule has 1 heterocycles. The summed E-state index contributed by atoms with van der Waals surface area (Å²) in [6, 6.07) is 1.62. The van der Waals surface area contributed by atoms with E-state index in [0.29, 0.717) is 24.8 Å². The van der Waals surface area contributed by atoms with Gasteiger partial charge in [0.1, 0.15) is 12.3 Å². The Balaban J connectivity index is 2.62. The van der Waals surface area contributed by atoms with Crippen LogP contribution in [0.15, 0.2) is 6.07 Å². The number of ketones is 1. The maximum absolute atomic E-state index is 11.1. The van der Waals surface area contributed by atoms with Gasteiger partial charge in [-0.2, -0.15) is 0 Å². The number of carbonyl (C=O) groups is 1. The fourth-order valence-electron chi connectivity index (χ4n) is 1.07. The molecule has 0 atom stereocenters. The number of hydrogen-bond acceptors (Lipinski definition) is 4. The van der Waals surface area contributed by atoms with Crippen molar-refractivity contribution in [2.24, 2.45) is 7.05 Å². The molecule has 0 aliphatic rings. The van der Waals surface area contributed by atoms with E-state index in [2.05, 4.69) is 5.10 Å². The second-order valence-electron chi connectivity index (χ2n) is 2.89. The van der Waals surface area contributed by atoms with Crippen molar-refractivity contribution in [3.8, 4) is 5.88 Å². The minimum Gasteiger partial charge on any atom is -0.474 e. The van der Waals surface area contributed by atoms with Crippen LogP contribution in [0.5, 0.6) is 5.88 Å². The largest absolute Gasteiger partial charge is 0.474 e. The summed E-state index contributed by atoms with van der Waals surface area (Å²) < 4.78 is 11.6. The maximum atomic E-state index is 11.1. The van der Waals surface area contributed by atoms with Crippen LogP contribution in [0.3, 0.4) is 0 Å². The molecule has 1 rings (SSSR count). The second-order valence-corrected chi connectivity index (χ2v) is 2.89. The van der Waals surface area contributed by atoms with E-state index in [1.165, 1.54) is 11.6 Å². The van der Waals surface area contributed by atoms with Crippen molar-refractivity contribution in [1.29, 1.82) is 0 Å². The summed E-state index contributed by atoms with van der Waals surface area (Å²) in [5, 5.41) is 4.02. The van der Waals surface area contributed by atoms with Crippen molar-refractivity contribution < 1.29 is 14.3 Å². The molecule has 0 N–H and O–H groups in total. The molecule has 5 nitrogen and oxygen atoms in total. The zero-order valence-corrected chi connectivity index (χ0v) is 8.61. The molecular weight excluding hydrogens is 184 g/mol. The number of hydrogen-bond donors (Lipinski definition) is 0. The third-order valence-corrected chi connectivity index (χ3v) is 1.76. The van der Waals surface area contributed by atoms with Gasteiger partial charge in [0.2, 0.25) is 5.88 Å². The van der Waals surface area contributed by atoms with E-state index < -0.39 is 0 Å². The molecular formula is C9H14N2O3. The predicted molar refractivity (Wildman–Crippen MR) is 50.6 cm³/mol. The quantitative estimate of drug-likeness (QED) is 0.515. The monoisotopic (exact) mass is 198 g/mol. The predicted octanol–water partition coefficient (Wildman–Crippen LogP) is 0.648. The molecule has 0 aromatic carbocycles. The van der Waals surface area contributed by atoms with Crippen molar-refractivity contribution in [3.63, 3.8) is 0 Å². The smallest absolute Gasteiger partial charge is 0.233 e. The summed E-state index contributed by atoms with van der Waals surface area (Å²) in [5.41, 5.74) is 0.539. The summed E-state index contributed by atoms with van der Waals surface area (Å²) in [6.45, 7) is 2.44. The number of Topliss-reactive ketones (excluding diaryl/α,β-unsaturated/α-hetero) is 1. The fourth-order valence-corrected chi connectivity index (χ4v) is 1.07. The van der Waals surface area contributed by atoms with Gasteiger partial charge in [0.15, 0.2) is 5.78 Å². The lowest BCUT2D eigenvalue weighted by molar-refractivity contribution is 0.100. The molecule has 0 spiro atoms. The third-order valence-electron chi connectivity index (χ3n) is 1.76. The molecule has 0 saturated heterocycles. The van der Waals surface area contributed by atoms with Gasteiger partial charge in [0.05, 0.1) is 6.61 Å². The molecule has 0 aliphatic heterocycles. The van der Waals surface area contributed by atoms with Gasteiger partial charge in [-0.1, -0.05) is 0 Å². The van der Waals surface area contributed by atoms with Crippen LogP contribution in [-0.4, -0.2) is 35.9 Å². The third kappa shape index (κ3) is 2.56. The molecule has 0 aliphatic carbocycles. The molecule has 78 valence electrons. The van der Waals surface area contributed by atoms with E-state index in [9.17, 15) is 4.79 Å². The minimum atomic E-state index is -0.0263. The summed E-state index contributed by atoms with van der Waals surface area (Å²) in [5.74, 6) is 0.427. The summed E-state index contributed by atoms with van der Waals surface area (Å²) in [4.78, 5) is 11.1. The van der Waals surface area contributed by atoms with Gasteiger partial charge in [-0.15, -0.1) is 5.10 Å².